The summed E-state index contributed by atoms with van der Waals surface area (Å²) in [5.74, 6) is -0.943. The fourth-order valence-corrected chi connectivity index (χ4v) is 5.11. The molecule has 30 heavy (non-hydrogen) atoms. The number of hydrogen-bond donors (Lipinski definition) is 2. The average Bonchev–Trinajstić information content (AvgIpc) is 3.40. The number of nitrogens with zero attached hydrogens (tertiary/aromatic N) is 1. The Morgan fingerprint density at radius 1 is 1.00 bits per heavy atom. The Balaban J connectivity index is 1.49. The lowest BCUT2D eigenvalue weighted by Crippen LogP contribution is -2.15. The van der Waals surface area contributed by atoms with Crippen molar-refractivity contribution in [2.24, 2.45) is 0 Å². The summed E-state index contributed by atoms with van der Waals surface area (Å²) in [5.41, 5.74) is 1.26. The van der Waals surface area contributed by atoms with Crippen LogP contribution in [0, 0.1) is 5.82 Å². The van der Waals surface area contributed by atoms with E-state index in [1.54, 1.807) is 23.5 Å². The van der Waals surface area contributed by atoms with Crippen LogP contribution in [0.1, 0.15) is 10.4 Å². The number of aromatic nitrogens is 1. The highest BCUT2D eigenvalue weighted by Crippen LogP contribution is 2.28. The lowest BCUT2D eigenvalue weighted by molar-refractivity contribution is 0.102. The molecule has 4 rings (SSSR count). The van der Waals surface area contributed by atoms with Crippen molar-refractivity contribution in [2.75, 3.05) is 10.0 Å². The second-order valence-electron chi connectivity index (χ2n) is 6.11. The van der Waals surface area contributed by atoms with Gasteiger partial charge in [-0.15, -0.1) is 22.7 Å². The molecule has 2 heterocycles. The number of rotatable bonds is 6. The third-order valence-corrected chi connectivity index (χ3v) is 7.05. The zero-order valence-electron chi connectivity index (χ0n) is 15.2. The molecule has 0 fully saturated rings. The second kappa shape index (κ2) is 8.34. The van der Waals surface area contributed by atoms with Crippen molar-refractivity contribution in [1.29, 1.82) is 0 Å². The van der Waals surface area contributed by atoms with Crippen LogP contribution in [-0.2, 0) is 10.0 Å². The van der Waals surface area contributed by atoms with E-state index in [9.17, 15) is 17.6 Å². The summed E-state index contributed by atoms with van der Waals surface area (Å²) in [6.07, 6.45) is 0. The first-order valence-corrected chi connectivity index (χ1v) is 11.8. The van der Waals surface area contributed by atoms with Crippen molar-refractivity contribution in [3.05, 3.63) is 82.8 Å². The Morgan fingerprint density at radius 2 is 1.80 bits per heavy atom. The maximum Gasteiger partial charge on any atom is 0.261 e. The highest BCUT2D eigenvalue weighted by atomic mass is 32.2. The molecule has 6 nitrogen and oxygen atoms in total. The van der Waals surface area contributed by atoms with Crippen molar-refractivity contribution >= 4 is 49.4 Å². The quantitative estimate of drug-likeness (QED) is 0.422. The van der Waals surface area contributed by atoms with Crippen LogP contribution in [0.25, 0.3) is 10.6 Å². The van der Waals surface area contributed by atoms with Gasteiger partial charge in [0.1, 0.15) is 5.82 Å². The van der Waals surface area contributed by atoms with E-state index < -0.39 is 21.7 Å². The van der Waals surface area contributed by atoms with Crippen molar-refractivity contribution in [2.45, 2.75) is 4.90 Å². The molecule has 0 atom stereocenters. The largest absolute Gasteiger partial charge is 0.298 e. The minimum Gasteiger partial charge on any atom is -0.298 e. The lowest BCUT2D eigenvalue weighted by atomic mass is 10.2. The van der Waals surface area contributed by atoms with Crippen molar-refractivity contribution in [3.63, 3.8) is 0 Å². The first kappa shape index (κ1) is 20.2. The van der Waals surface area contributed by atoms with Gasteiger partial charge >= 0.3 is 0 Å². The van der Waals surface area contributed by atoms with E-state index in [0.29, 0.717) is 5.13 Å². The van der Waals surface area contributed by atoms with Gasteiger partial charge in [-0.1, -0.05) is 12.1 Å². The van der Waals surface area contributed by atoms with Gasteiger partial charge in [-0.3, -0.25) is 14.8 Å². The summed E-state index contributed by atoms with van der Waals surface area (Å²) in [6.45, 7) is 0. The lowest BCUT2D eigenvalue weighted by Gasteiger charge is -2.09. The zero-order chi connectivity index (χ0) is 21.1. The number of amides is 1. The standard InChI is InChI=1S/C20H14FN3O3S3/c21-14-6-8-16(9-7-14)30(26,27)24-15-4-1-3-13(11-15)19(25)23-20-22-17(12-29-20)18-5-2-10-28-18/h1-12,24H,(H,22,23,25). The Labute approximate surface area is 180 Å². The van der Waals surface area contributed by atoms with Crippen LogP contribution in [0.4, 0.5) is 15.2 Å². The molecule has 0 saturated heterocycles. The smallest absolute Gasteiger partial charge is 0.261 e. The summed E-state index contributed by atoms with van der Waals surface area (Å²) in [5, 5.41) is 6.97. The number of nitrogens with one attached hydrogen (secondary N) is 2. The van der Waals surface area contributed by atoms with E-state index in [-0.39, 0.29) is 16.1 Å². The number of hydrogen-bond acceptors (Lipinski definition) is 6. The molecular weight excluding hydrogens is 445 g/mol. The van der Waals surface area contributed by atoms with Gasteiger partial charge in [0.25, 0.3) is 15.9 Å². The first-order valence-electron chi connectivity index (χ1n) is 8.60. The van der Waals surface area contributed by atoms with Gasteiger partial charge in [0.05, 0.1) is 15.5 Å². The van der Waals surface area contributed by atoms with E-state index in [4.69, 9.17) is 0 Å². The third kappa shape index (κ3) is 4.56. The van der Waals surface area contributed by atoms with Gasteiger partial charge in [0.2, 0.25) is 0 Å². The molecule has 4 aromatic rings. The molecule has 0 aliphatic heterocycles. The molecular formula is C20H14FN3O3S3. The van der Waals surface area contributed by atoms with Crippen LogP contribution in [0.2, 0.25) is 0 Å². The molecule has 0 aliphatic rings. The molecule has 2 N–H and O–H groups in total. The van der Waals surface area contributed by atoms with Crippen LogP contribution in [0.15, 0.2) is 76.3 Å². The van der Waals surface area contributed by atoms with Gasteiger partial charge in [0, 0.05) is 16.6 Å². The molecule has 0 unspecified atom stereocenters. The van der Waals surface area contributed by atoms with Crippen LogP contribution < -0.4 is 10.0 Å². The minimum atomic E-state index is -3.91. The van der Waals surface area contributed by atoms with Crippen molar-refractivity contribution in [1.82, 2.24) is 4.98 Å². The normalized spacial score (nSPS) is 11.2. The average molecular weight is 460 g/mol. The summed E-state index contributed by atoms with van der Waals surface area (Å²) in [7, 11) is -3.91. The molecule has 0 spiro atoms. The fraction of sp³-hybridized carbons (Fsp3) is 0. The number of thiazole rings is 1. The fourth-order valence-electron chi connectivity index (χ4n) is 2.59. The maximum atomic E-state index is 13.0. The maximum absolute atomic E-state index is 13.0. The third-order valence-electron chi connectivity index (χ3n) is 4.00. The van der Waals surface area contributed by atoms with E-state index in [0.717, 1.165) is 22.7 Å². The molecule has 0 bridgehead atoms. The van der Waals surface area contributed by atoms with Crippen molar-refractivity contribution < 1.29 is 17.6 Å². The summed E-state index contributed by atoms with van der Waals surface area (Å²) in [6, 6.07) is 14.4. The topological polar surface area (TPSA) is 88.2 Å². The summed E-state index contributed by atoms with van der Waals surface area (Å²) in [4.78, 5) is 17.9. The number of benzene rings is 2. The van der Waals surface area contributed by atoms with Crippen molar-refractivity contribution in [3.8, 4) is 10.6 Å². The van der Waals surface area contributed by atoms with Crippen LogP contribution >= 0.6 is 22.7 Å². The number of sulfonamides is 1. The van der Waals surface area contributed by atoms with Crippen LogP contribution in [0.3, 0.4) is 0 Å². The predicted octanol–water partition coefficient (Wildman–Crippen LogP) is 5.06. The number of carbonyl (C=O) groups is 1. The number of halogens is 1. The zero-order valence-corrected chi connectivity index (χ0v) is 17.7. The van der Waals surface area contributed by atoms with E-state index >= 15 is 0 Å². The van der Waals surface area contributed by atoms with Gasteiger partial charge in [-0.2, -0.15) is 0 Å². The molecule has 2 aromatic heterocycles. The summed E-state index contributed by atoms with van der Waals surface area (Å²) >= 11 is 2.86. The van der Waals surface area contributed by atoms with Crippen LogP contribution in [-0.4, -0.2) is 19.3 Å². The van der Waals surface area contributed by atoms with Gasteiger partial charge in [-0.25, -0.2) is 17.8 Å². The predicted molar refractivity (Wildman–Crippen MR) is 117 cm³/mol. The Kier molecular flexibility index (Phi) is 5.62. The molecule has 2 aromatic carbocycles. The molecule has 0 saturated carbocycles. The minimum absolute atomic E-state index is 0.0809. The monoisotopic (exact) mass is 459 g/mol. The number of anilines is 2. The van der Waals surface area contributed by atoms with Gasteiger partial charge in [0.15, 0.2) is 5.13 Å². The number of thiophene rings is 1. The summed E-state index contributed by atoms with van der Waals surface area (Å²) < 4.78 is 40.4. The Hall–Kier alpha value is -3.08. The molecule has 1 amide bonds. The number of carbonyl (C=O) groups excluding carboxylic acids is 1. The second-order valence-corrected chi connectivity index (χ2v) is 9.60. The van der Waals surface area contributed by atoms with E-state index in [1.165, 1.54) is 35.6 Å². The Morgan fingerprint density at radius 3 is 2.53 bits per heavy atom. The van der Waals surface area contributed by atoms with E-state index in [1.807, 2.05) is 22.9 Å². The van der Waals surface area contributed by atoms with E-state index in [2.05, 4.69) is 15.0 Å². The van der Waals surface area contributed by atoms with Crippen LogP contribution in [0.5, 0.6) is 0 Å². The first-order chi connectivity index (χ1) is 14.4. The SMILES string of the molecule is O=C(Nc1nc(-c2cccs2)cs1)c1cccc(NS(=O)(=O)c2ccc(F)cc2)c1. The molecule has 10 heteroatoms. The van der Waals surface area contributed by atoms with Gasteiger partial charge < -0.3 is 0 Å². The highest BCUT2D eigenvalue weighted by molar-refractivity contribution is 7.92. The highest BCUT2D eigenvalue weighted by Gasteiger charge is 2.16. The van der Waals surface area contributed by atoms with Gasteiger partial charge in [-0.05, 0) is 53.9 Å². The molecule has 0 radical (unpaired) electrons. The molecule has 0 aliphatic carbocycles. The molecule has 152 valence electrons. The Bertz CT molecular complexity index is 1280.